The van der Waals surface area contributed by atoms with Crippen LogP contribution in [0.3, 0.4) is 0 Å². The Kier molecular flexibility index (Phi) is 11.2. The molecule has 18 heavy (non-hydrogen) atoms. The number of unbranched alkanes of at least 4 members (excludes halogenated alkanes) is 5. The Labute approximate surface area is 112 Å². The van der Waals surface area contributed by atoms with E-state index >= 15 is 0 Å². The van der Waals surface area contributed by atoms with Crippen molar-refractivity contribution in [3.05, 3.63) is 0 Å². The molecule has 0 heterocycles. The highest BCUT2D eigenvalue weighted by Crippen LogP contribution is 2.07. The molecule has 1 unspecified atom stereocenters. The number of aliphatic hydroxyl groups excluding tert-OH is 1. The average molecular weight is 257 g/mol. The number of hydrogen-bond donors (Lipinski definition) is 2. The van der Waals surface area contributed by atoms with E-state index in [1.807, 2.05) is 0 Å². The second kappa shape index (κ2) is 11.5. The summed E-state index contributed by atoms with van der Waals surface area (Å²) in [4.78, 5) is 11.5. The van der Waals surface area contributed by atoms with Crippen LogP contribution in [-0.2, 0) is 4.79 Å². The van der Waals surface area contributed by atoms with Gasteiger partial charge < -0.3 is 10.4 Å². The lowest BCUT2D eigenvalue weighted by atomic mass is 10.1. The lowest BCUT2D eigenvalue weighted by molar-refractivity contribution is -0.121. The van der Waals surface area contributed by atoms with Crippen LogP contribution in [0, 0.1) is 5.92 Å². The van der Waals surface area contributed by atoms with Crippen molar-refractivity contribution >= 4 is 5.91 Å². The monoisotopic (exact) mass is 257 g/mol. The summed E-state index contributed by atoms with van der Waals surface area (Å²) >= 11 is 0. The van der Waals surface area contributed by atoms with E-state index in [9.17, 15) is 9.90 Å². The van der Waals surface area contributed by atoms with Crippen molar-refractivity contribution in [2.75, 3.05) is 6.54 Å². The minimum absolute atomic E-state index is 0.0771. The highest BCUT2D eigenvalue weighted by molar-refractivity contribution is 5.75. The van der Waals surface area contributed by atoms with Gasteiger partial charge in [-0.15, -0.1) is 0 Å². The highest BCUT2D eigenvalue weighted by atomic mass is 16.3. The highest BCUT2D eigenvalue weighted by Gasteiger charge is 2.08. The number of hydrogen-bond acceptors (Lipinski definition) is 2. The number of rotatable bonds is 11. The van der Waals surface area contributed by atoms with Gasteiger partial charge >= 0.3 is 0 Å². The molecule has 0 fully saturated rings. The Bertz CT molecular complexity index is 205. The molecular weight excluding hydrogens is 226 g/mol. The van der Waals surface area contributed by atoms with E-state index in [2.05, 4.69) is 26.1 Å². The van der Waals surface area contributed by atoms with Crippen LogP contribution in [0.1, 0.15) is 72.1 Å². The molecule has 1 atom stereocenters. The van der Waals surface area contributed by atoms with Crippen molar-refractivity contribution in [3.63, 3.8) is 0 Å². The predicted octanol–water partition coefficient (Wildman–Crippen LogP) is 3.26. The minimum Gasteiger partial charge on any atom is -0.391 e. The third-order valence-corrected chi connectivity index (χ3v) is 3.04. The van der Waals surface area contributed by atoms with Crippen LogP contribution in [0.4, 0.5) is 0 Å². The van der Waals surface area contributed by atoms with Gasteiger partial charge in [0.1, 0.15) is 0 Å². The van der Waals surface area contributed by atoms with E-state index < -0.39 is 6.10 Å². The molecule has 0 saturated heterocycles. The summed E-state index contributed by atoms with van der Waals surface area (Å²) in [5.74, 6) is 0.545. The van der Waals surface area contributed by atoms with E-state index in [1.54, 1.807) is 0 Å². The first-order chi connectivity index (χ1) is 8.56. The van der Waals surface area contributed by atoms with Crippen LogP contribution in [-0.4, -0.2) is 23.7 Å². The molecule has 108 valence electrons. The first-order valence-corrected chi connectivity index (χ1v) is 7.51. The van der Waals surface area contributed by atoms with Crippen LogP contribution < -0.4 is 5.32 Å². The molecule has 0 aromatic rings. The Hall–Kier alpha value is -0.570. The average Bonchev–Trinajstić information content (AvgIpc) is 2.30. The number of nitrogens with one attached hydrogen (secondary N) is 1. The Morgan fingerprint density at radius 1 is 1.11 bits per heavy atom. The summed E-state index contributed by atoms with van der Waals surface area (Å²) in [6.45, 7) is 6.74. The fourth-order valence-corrected chi connectivity index (χ4v) is 2.01. The molecule has 3 nitrogen and oxygen atoms in total. The zero-order valence-corrected chi connectivity index (χ0v) is 12.4. The Morgan fingerprint density at radius 3 is 2.33 bits per heavy atom. The van der Waals surface area contributed by atoms with Gasteiger partial charge in [0.05, 0.1) is 6.10 Å². The molecule has 0 aliphatic carbocycles. The van der Waals surface area contributed by atoms with Crippen molar-refractivity contribution in [1.29, 1.82) is 0 Å². The summed E-state index contributed by atoms with van der Waals surface area (Å²) in [6.07, 6.45) is 8.12. The van der Waals surface area contributed by atoms with Gasteiger partial charge in [-0.3, -0.25) is 4.79 Å². The second-order valence-corrected chi connectivity index (χ2v) is 5.61. The van der Waals surface area contributed by atoms with Crippen LogP contribution in [0.5, 0.6) is 0 Å². The molecule has 0 bridgehead atoms. The maximum absolute atomic E-state index is 11.5. The molecule has 0 spiro atoms. The molecule has 0 aromatic carbocycles. The molecule has 0 aliphatic heterocycles. The molecule has 2 N–H and O–H groups in total. The van der Waals surface area contributed by atoms with Crippen molar-refractivity contribution < 1.29 is 9.90 Å². The Balaban J connectivity index is 3.37. The van der Waals surface area contributed by atoms with Crippen molar-refractivity contribution in [2.24, 2.45) is 5.92 Å². The van der Waals surface area contributed by atoms with Crippen LogP contribution in [0.15, 0.2) is 0 Å². The number of amides is 1. The summed E-state index contributed by atoms with van der Waals surface area (Å²) in [6, 6.07) is 0. The maximum Gasteiger partial charge on any atom is 0.220 e. The SMILES string of the molecule is CCCCCCCCC(=O)NCC(O)CC(C)C. The van der Waals surface area contributed by atoms with Gasteiger partial charge in [0.15, 0.2) is 0 Å². The van der Waals surface area contributed by atoms with Crippen molar-refractivity contribution in [2.45, 2.75) is 78.2 Å². The summed E-state index contributed by atoms with van der Waals surface area (Å²) < 4.78 is 0. The molecule has 0 aliphatic rings. The van der Waals surface area contributed by atoms with E-state index in [0.29, 0.717) is 18.9 Å². The van der Waals surface area contributed by atoms with Crippen LogP contribution >= 0.6 is 0 Å². The van der Waals surface area contributed by atoms with Gasteiger partial charge in [0, 0.05) is 13.0 Å². The summed E-state index contributed by atoms with van der Waals surface area (Å²) in [7, 11) is 0. The molecule has 0 radical (unpaired) electrons. The zero-order valence-electron chi connectivity index (χ0n) is 12.4. The predicted molar refractivity (Wildman–Crippen MR) is 76.5 cm³/mol. The fraction of sp³-hybridized carbons (Fsp3) is 0.933. The molecule has 0 aromatic heterocycles. The lowest BCUT2D eigenvalue weighted by Crippen LogP contribution is -2.32. The van der Waals surface area contributed by atoms with E-state index in [-0.39, 0.29) is 5.91 Å². The summed E-state index contributed by atoms with van der Waals surface area (Å²) in [5, 5.41) is 12.4. The van der Waals surface area contributed by atoms with Gasteiger partial charge in [-0.05, 0) is 18.8 Å². The fourth-order valence-electron chi connectivity index (χ4n) is 2.01. The van der Waals surface area contributed by atoms with E-state index in [4.69, 9.17) is 0 Å². The standard InChI is InChI=1S/C15H31NO2/c1-4-5-6-7-8-9-10-15(18)16-12-14(17)11-13(2)3/h13-14,17H,4-12H2,1-3H3,(H,16,18). The lowest BCUT2D eigenvalue weighted by Gasteiger charge is -2.13. The normalized spacial score (nSPS) is 12.7. The zero-order chi connectivity index (χ0) is 13.8. The van der Waals surface area contributed by atoms with Gasteiger partial charge in [-0.25, -0.2) is 0 Å². The van der Waals surface area contributed by atoms with Gasteiger partial charge in [-0.1, -0.05) is 52.9 Å². The first kappa shape index (κ1) is 17.4. The number of carbonyl (C=O) groups excluding carboxylic acids is 1. The maximum atomic E-state index is 11.5. The molecule has 3 heteroatoms. The largest absolute Gasteiger partial charge is 0.391 e. The molecular formula is C15H31NO2. The molecule has 1 amide bonds. The third-order valence-electron chi connectivity index (χ3n) is 3.04. The molecule has 0 rings (SSSR count). The number of aliphatic hydroxyl groups is 1. The van der Waals surface area contributed by atoms with Gasteiger partial charge in [-0.2, -0.15) is 0 Å². The Morgan fingerprint density at radius 2 is 1.72 bits per heavy atom. The quantitative estimate of drug-likeness (QED) is 0.558. The van der Waals surface area contributed by atoms with E-state index in [0.717, 1.165) is 19.3 Å². The van der Waals surface area contributed by atoms with E-state index in [1.165, 1.54) is 25.7 Å². The first-order valence-electron chi connectivity index (χ1n) is 7.51. The van der Waals surface area contributed by atoms with Crippen LogP contribution in [0.2, 0.25) is 0 Å². The smallest absolute Gasteiger partial charge is 0.220 e. The summed E-state index contributed by atoms with van der Waals surface area (Å²) in [5.41, 5.74) is 0. The van der Waals surface area contributed by atoms with Crippen molar-refractivity contribution in [3.8, 4) is 0 Å². The molecule has 0 saturated carbocycles. The van der Waals surface area contributed by atoms with Gasteiger partial charge in [0.25, 0.3) is 0 Å². The second-order valence-electron chi connectivity index (χ2n) is 5.61. The van der Waals surface area contributed by atoms with Gasteiger partial charge in [0.2, 0.25) is 5.91 Å². The third kappa shape index (κ3) is 11.9. The number of carbonyl (C=O) groups is 1. The van der Waals surface area contributed by atoms with Crippen molar-refractivity contribution in [1.82, 2.24) is 5.32 Å². The topological polar surface area (TPSA) is 49.3 Å². The van der Waals surface area contributed by atoms with Crippen LogP contribution in [0.25, 0.3) is 0 Å². The minimum atomic E-state index is -0.404.